The van der Waals surface area contributed by atoms with E-state index in [2.05, 4.69) is 21.3 Å². The fraction of sp³-hybridized carbons (Fsp3) is 0.860. The van der Waals surface area contributed by atoms with Crippen molar-refractivity contribution in [2.75, 3.05) is 119 Å². The van der Waals surface area contributed by atoms with Crippen LogP contribution < -0.4 is 32.7 Å². The third kappa shape index (κ3) is 36.2. The molecule has 5 amide bonds. The topological polar surface area (TPSA) is 267 Å². The molecule has 0 aliphatic rings. The molecule has 0 aromatic carbocycles. The summed E-state index contributed by atoms with van der Waals surface area (Å²) >= 11 is 0. The standard InChI is InChI=1S/C43H82N6O13/c1-33(2)39(49-41(54)35(30-34(3)50)10-7-8-12-44)37(51)31-36(11-9-13-48-42(45)55)40(53)47-15-17-57-19-21-59-23-25-61-27-29-62-28-26-60-24-22-58-20-18-56-16-14-46-38(52)32-43(4,5)6/h33,35-36,39H,7-32,44H2,1-6H3,(H,46,52)(H,47,53)(H,49,54)(H3,45,48,55)/t35-,36-,39+/m1/s1. The number of Topliss-reactive ketones (excluding diaryl/α,β-unsaturated/α-hetero) is 2. The summed E-state index contributed by atoms with van der Waals surface area (Å²) in [6.45, 7) is 18.2. The lowest BCUT2D eigenvalue weighted by Gasteiger charge is -2.26. The van der Waals surface area contributed by atoms with Gasteiger partial charge in [0.1, 0.15) is 5.78 Å². The highest BCUT2D eigenvalue weighted by Gasteiger charge is 2.31. The summed E-state index contributed by atoms with van der Waals surface area (Å²) in [4.78, 5) is 74.8. The van der Waals surface area contributed by atoms with Crippen LogP contribution in [0.2, 0.25) is 0 Å². The molecule has 3 atom stereocenters. The van der Waals surface area contributed by atoms with Crippen LogP contribution in [0.25, 0.3) is 0 Å². The number of carbonyl (C=O) groups is 6. The first-order valence-corrected chi connectivity index (χ1v) is 22.2. The highest BCUT2D eigenvalue weighted by molar-refractivity contribution is 5.94. The van der Waals surface area contributed by atoms with E-state index in [1.54, 1.807) is 0 Å². The maximum absolute atomic E-state index is 13.6. The Kier molecular flexibility index (Phi) is 36.2. The van der Waals surface area contributed by atoms with Gasteiger partial charge in [-0.3, -0.25) is 19.2 Å². The number of hydrogen-bond donors (Lipinski definition) is 6. The molecule has 0 rings (SSSR count). The molecule has 0 aliphatic carbocycles. The lowest BCUT2D eigenvalue weighted by molar-refractivity contribution is -0.134. The Morgan fingerprint density at radius 1 is 0.548 bits per heavy atom. The highest BCUT2D eigenvalue weighted by atomic mass is 16.6. The number of rotatable bonds is 42. The van der Waals surface area contributed by atoms with E-state index < -0.39 is 23.9 Å². The van der Waals surface area contributed by atoms with Crippen LogP contribution in [0.1, 0.15) is 92.9 Å². The van der Waals surface area contributed by atoms with E-state index >= 15 is 0 Å². The number of ether oxygens (including phenoxy) is 7. The minimum atomic E-state index is -0.841. The summed E-state index contributed by atoms with van der Waals surface area (Å²) in [5, 5.41) is 11.0. The van der Waals surface area contributed by atoms with Crippen molar-refractivity contribution in [1.82, 2.24) is 21.3 Å². The zero-order valence-electron chi connectivity index (χ0n) is 38.7. The maximum Gasteiger partial charge on any atom is 0.312 e. The highest BCUT2D eigenvalue weighted by Crippen LogP contribution is 2.19. The number of hydrogen-bond acceptors (Lipinski definition) is 14. The van der Waals surface area contributed by atoms with Crippen molar-refractivity contribution in [3.8, 4) is 0 Å². The fourth-order valence-electron chi connectivity index (χ4n) is 5.97. The molecular formula is C43H82N6O13. The molecule has 0 aromatic rings. The van der Waals surface area contributed by atoms with Crippen molar-refractivity contribution in [2.24, 2.45) is 34.6 Å². The minimum Gasteiger partial charge on any atom is -0.377 e. The third-order valence-corrected chi connectivity index (χ3v) is 9.11. The smallest absolute Gasteiger partial charge is 0.312 e. The zero-order valence-corrected chi connectivity index (χ0v) is 38.7. The van der Waals surface area contributed by atoms with Crippen molar-refractivity contribution in [3.63, 3.8) is 0 Å². The molecule has 0 radical (unpaired) electrons. The SMILES string of the molecule is CC(=O)C[C@@H](CCCCN)C(=O)N[C@H](C(=O)C[C@@H](CCCNC(N)=O)C(=O)NCCOCCOCCOCCOCCOCCOCCOCCNC(=O)CC(C)(C)C)C(C)C. The van der Waals surface area contributed by atoms with E-state index in [-0.39, 0.29) is 73.2 Å². The molecule has 362 valence electrons. The molecule has 0 saturated heterocycles. The van der Waals surface area contributed by atoms with Crippen LogP contribution >= 0.6 is 0 Å². The largest absolute Gasteiger partial charge is 0.377 e. The molecule has 0 bridgehead atoms. The Bertz CT molecular complexity index is 1220. The van der Waals surface area contributed by atoms with Gasteiger partial charge in [-0.2, -0.15) is 0 Å². The number of nitrogens with one attached hydrogen (secondary N) is 4. The van der Waals surface area contributed by atoms with Gasteiger partial charge in [0.15, 0.2) is 5.78 Å². The predicted molar refractivity (Wildman–Crippen MR) is 234 cm³/mol. The van der Waals surface area contributed by atoms with Crippen LogP contribution in [0.15, 0.2) is 0 Å². The van der Waals surface area contributed by atoms with Crippen molar-refractivity contribution in [2.45, 2.75) is 99.0 Å². The van der Waals surface area contributed by atoms with E-state index in [4.69, 9.17) is 44.6 Å². The lowest BCUT2D eigenvalue weighted by Crippen LogP contribution is -2.48. The third-order valence-electron chi connectivity index (χ3n) is 9.11. The minimum absolute atomic E-state index is 0.0261. The van der Waals surface area contributed by atoms with Gasteiger partial charge in [-0.25, -0.2) is 4.79 Å². The molecule has 0 aromatic heterocycles. The monoisotopic (exact) mass is 891 g/mol. The molecule has 0 fully saturated rings. The van der Waals surface area contributed by atoms with Crippen molar-refractivity contribution >= 4 is 35.3 Å². The first-order chi connectivity index (χ1) is 29.6. The van der Waals surface area contributed by atoms with Gasteiger partial charge in [0, 0.05) is 50.7 Å². The number of amides is 5. The number of unbranched alkanes of at least 4 members (excludes halogenated alkanes) is 1. The summed E-state index contributed by atoms with van der Waals surface area (Å²) in [6, 6.07) is -1.52. The second kappa shape index (κ2) is 38.2. The summed E-state index contributed by atoms with van der Waals surface area (Å²) in [6.07, 6.45) is 3.05. The number of primary amides is 1. The van der Waals surface area contributed by atoms with E-state index in [0.29, 0.717) is 131 Å². The summed E-state index contributed by atoms with van der Waals surface area (Å²) in [7, 11) is 0. The number of carbonyl (C=O) groups excluding carboxylic acids is 6. The molecule has 0 saturated carbocycles. The average molecular weight is 891 g/mol. The molecule has 0 spiro atoms. The second-order valence-corrected chi connectivity index (χ2v) is 16.6. The van der Waals surface area contributed by atoms with Crippen LogP contribution in [0.5, 0.6) is 0 Å². The Hall–Kier alpha value is -3.30. The number of urea groups is 1. The Labute approximate surface area is 370 Å². The molecule has 19 heteroatoms. The normalized spacial score (nSPS) is 13.0. The maximum atomic E-state index is 13.6. The molecule has 8 N–H and O–H groups in total. The van der Waals surface area contributed by atoms with E-state index in [1.165, 1.54) is 6.92 Å². The molecule has 0 aliphatic heterocycles. The van der Waals surface area contributed by atoms with E-state index in [1.807, 2.05) is 34.6 Å². The molecular weight excluding hydrogens is 809 g/mol. The van der Waals surface area contributed by atoms with Gasteiger partial charge in [0.25, 0.3) is 0 Å². The van der Waals surface area contributed by atoms with Gasteiger partial charge in [0.2, 0.25) is 17.7 Å². The van der Waals surface area contributed by atoms with Crippen molar-refractivity contribution in [1.29, 1.82) is 0 Å². The summed E-state index contributed by atoms with van der Waals surface area (Å²) < 4.78 is 38.5. The second-order valence-electron chi connectivity index (χ2n) is 16.6. The van der Waals surface area contributed by atoms with Crippen LogP contribution in [0.4, 0.5) is 4.79 Å². The van der Waals surface area contributed by atoms with Crippen LogP contribution in [-0.2, 0) is 57.1 Å². The molecule has 0 unspecified atom stereocenters. The van der Waals surface area contributed by atoms with Gasteiger partial charge in [-0.05, 0) is 50.5 Å². The molecule has 62 heavy (non-hydrogen) atoms. The Balaban J connectivity index is 4.19. The van der Waals surface area contributed by atoms with E-state index in [0.717, 1.165) is 6.42 Å². The van der Waals surface area contributed by atoms with Gasteiger partial charge >= 0.3 is 6.03 Å². The van der Waals surface area contributed by atoms with E-state index in [9.17, 15) is 28.8 Å². The summed E-state index contributed by atoms with van der Waals surface area (Å²) in [5.74, 6) is -2.62. The van der Waals surface area contributed by atoms with Crippen LogP contribution in [0, 0.1) is 23.2 Å². The predicted octanol–water partition coefficient (Wildman–Crippen LogP) is 1.66. The Morgan fingerprint density at radius 3 is 1.40 bits per heavy atom. The van der Waals surface area contributed by atoms with Gasteiger partial charge < -0.3 is 70.7 Å². The first kappa shape index (κ1) is 58.7. The summed E-state index contributed by atoms with van der Waals surface area (Å²) in [5.41, 5.74) is 10.7. The first-order valence-electron chi connectivity index (χ1n) is 22.2. The zero-order chi connectivity index (χ0) is 46.4. The number of ketones is 2. The van der Waals surface area contributed by atoms with Crippen LogP contribution in [0.3, 0.4) is 0 Å². The lowest BCUT2D eigenvalue weighted by atomic mass is 9.88. The van der Waals surface area contributed by atoms with Gasteiger partial charge in [-0.1, -0.05) is 41.0 Å². The fourth-order valence-corrected chi connectivity index (χ4v) is 5.97. The Morgan fingerprint density at radius 2 is 0.984 bits per heavy atom. The average Bonchev–Trinajstić information content (AvgIpc) is 3.19. The van der Waals surface area contributed by atoms with Crippen molar-refractivity contribution < 1.29 is 61.9 Å². The quantitative estimate of drug-likeness (QED) is 0.0477. The van der Waals surface area contributed by atoms with Gasteiger partial charge in [-0.15, -0.1) is 0 Å². The molecule has 19 nitrogen and oxygen atoms in total. The number of nitrogens with two attached hydrogens (primary N) is 2. The molecule has 0 heterocycles. The van der Waals surface area contributed by atoms with Crippen LogP contribution in [-0.4, -0.2) is 160 Å². The van der Waals surface area contributed by atoms with Gasteiger partial charge in [0.05, 0.1) is 98.5 Å². The van der Waals surface area contributed by atoms with Crippen molar-refractivity contribution in [3.05, 3.63) is 0 Å².